The molecule has 0 aliphatic carbocycles. The van der Waals surface area contributed by atoms with Crippen LogP contribution in [0.1, 0.15) is 15.9 Å². The van der Waals surface area contributed by atoms with Gasteiger partial charge in [0.1, 0.15) is 11.6 Å². The van der Waals surface area contributed by atoms with Crippen LogP contribution in [0.25, 0.3) is 17.0 Å². The van der Waals surface area contributed by atoms with Crippen molar-refractivity contribution in [3.05, 3.63) is 70.6 Å². The molecule has 106 valence electrons. The number of hydrogen-bond donors (Lipinski definition) is 1. The summed E-state index contributed by atoms with van der Waals surface area (Å²) in [5.74, 6) is -0.333. The number of nitrogens with zero attached hydrogens (tertiary/aromatic N) is 2. The molecule has 0 saturated carbocycles. The maximum absolute atomic E-state index is 12.6. The summed E-state index contributed by atoms with van der Waals surface area (Å²) in [7, 11) is 0. The van der Waals surface area contributed by atoms with Gasteiger partial charge in [-0.15, -0.1) is 0 Å². The Bertz CT molecular complexity index is 920. The third-order valence-corrected chi connectivity index (χ3v) is 3.48. The van der Waals surface area contributed by atoms with E-state index in [1.807, 2.05) is 6.07 Å². The molecule has 2 heterocycles. The van der Waals surface area contributed by atoms with Gasteiger partial charge >= 0.3 is 0 Å². The van der Waals surface area contributed by atoms with Crippen molar-refractivity contribution in [2.24, 2.45) is 0 Å². The number of ketones is 1. The molecule has 1 aromatic carbocycles. The quantitative estimate of drug-likeness (QED) is 0.451. The molecule has 0 amide bonds. The highest BCUT2D eigenvalue weighted by Crippen LogP contribution is 2.24. The maximum atomic E-state index is 12.6. The number of carbonyl (C=O) groups is 1. The van der Waals surface area contributed by atoms with Crippen LogP contribution in [0, 0.1) is 11.3 Å². The van der Waals surface area contributed by atoms with Crippen LogP contribution in [-0.2, 0) is 0 Å². The van der Waals surface area contributed by atoms with Crippen molar-refractivity contribution >= 4 is 34.4 Å². The number of rotatable bonds is 3. The lowest BCUT2D eigenvalue weighted by Crippen LogP contribution is -2.01. The van der Waals surface area contributed by atoms with Crippen molar-refractivity contribution in [1.29, 1.82) is 5.26 Å². The molecular weight excluding hydrogens is 298 g/mol. The van der Waals surface area contributed by atoms with Crippen LogP contribution < -0.4 is 0 Å². The van der Waals surface area contributed by atoms with E-state index in [9.17, 15) is 10.1 Å². The van der Waals surface area contributed by atoms with Gasteiger partial charge in [-0.05, 0) is 29.8 Å². The first-order valence-electron chi connectivity index (χ1n) is 6.52. The van der Waals surface area contributed by atoms with Crippen molar-refractivity contribution in [1.82, 2.24) is 9.97 Å². The lowest BCUT2D eigenvalue weighted by atomic mass is 10.0. The zero-order valence-electron chi connectivity index (χ0n) is 11.4. The highest BCUT2D eigenvalue weighted by Gasteiger charge is 2.16. The third kappa shape index (κ3) is 2.62. The molecule has 4 nitrogen and oxygen atoms in total. The summed E-state index contributed by atoms with van der Waals surface area (Å²) in [5, 5.41) is 10.6. The van der Waals surface area contributed by atoms with Crippen LogP contribution in [0.5, 0.6) is 0 Å². The molecule has 3 aromatic rings. The Morgan fingerprint density at radius 1 is 1.36 bits per heavy atom. The van der Waals surface area contributed by atoms with E-state index in [1.165, 1.54) is 6.08 Å². The van der Waals surface area contributed by atoms with Gasteiger partial charge in [0, 0.05) is 40.1 Å². The molecule has 22 heavy (non-hydrogen) atoms. The number of allylic oxidation sites excluding steroid dienone is 1. The van der Waals surface area contributed by atoms with Crippen LogP contribution in [0.15, 0.2) is 54.5 Å². The number of H-pyrrole nitrogens is 1. The van der Waals surface area contributed by atoms with Crippen molar-refractivity contribution in [3.8, 4) is 6.07 Å². The molecule has 0 radical (unpaired) electrons. The largest absolute Gasteiger partial charge is 0.360 e. The van der Waals surface area contributed by atoms with Gasteiger partial charge in [0.05, 0.1) is 0 Å². The normalized spacial score (nSPS) is 11.4. The second-order valence-corrected chi connectivity index (χ2v) is 5.11. The minimum Gasteiger partial charge on any atom is -0.360 e. The molecule has 0 fully saturated rings. The topological polar surface area (TPSA) is 69.5 Å². The molecule has 1 N–H and O–H groups in total. The second-order valence-electron chi connectivity index (χ2n) is 4.68. The molecule has 0 unspecified atom stereocenters. The zero-order chi connectivity index (χ0) is 15.5. The molecule has 5 heteroatoms. The van der Waals surface area contributed by atoms with Gasteiger partial charge in [-0.1, -0.05) is 23.7 Å². The van der Waals surface area contributed by atoms with Crippen molar-refractivity contribution in [3.63, 3.8) is 0 Å². The van der Waals surface area contributed by atoms with Gasteiger partial charge in [-0.2, -0.15) is 5.26 Å². The molecule has 0 aliphatic rings. The number of fused-ring (bicyclic) bond motifs is 1. The van der Waals surface area contributed by atoms with E-state index >= 15 is 0 Å². The Balaban J connectivity index is 2.04. The number of carbonyl (C=O) groups excluding carboxylic acids is 1. The number of Topliss-reactive ketones (excluding diaryl/α,β-unsaturated/α-hetero) is 1. The SMILES string of the molecule is N#C/C(=C/c1cccnc1)C(=O)c1c[nH]c2cc(Cl)ccc12. The first-order chi connectivity index (χ1) is 10.7. The number of aromatic nitrogens is 2. The zero-order valence-corrected chi connectivity index (χ0v) is 12.1. The third-order valence-electron chi connectivity index (χ3n) is 3.25. The molecule has 0 saturated heterocycles. The highest BCUT2D eigenvalue weighted by atomic mass is 35.5. The molecular formula is C17H10ClN3O. The van der Waals surface area contributed by atoms with Gasteiger partial charge in [-0.3, -0.25) is 9.78 Å². The number of hydrogen-bond acceptors (Lipinski definition) is 3. The lowest BCUT2D eigenvalue weighted by molar-refractivity contribution is 0.104. The predicted molar refractivity (Wildman–Crippen MR) is 85.5 cm³/mol. The highest BCUT2D eigenvalue weighted by molar-refractivity contribution is 6.31. The number of nitrogens with one attached hydrogen (secondary N) is 1. The smallest absolute Gasteiger partial charge is 0.205 e. The van der Waals surface area contributed by atoms with E-state index in [0.717, 1.165) is 10.9 Å². The van der Waals surface area contributed by atoms with Gasteiger partial charge in [0.2, 0.25) is 5.78 Å². The number of pyridine rings is 1. The minimum atomic E-state index is -0.333. The van der Waals surface area contributed by atoms with Gasteiger partial charge < -0.3 is 4.98 Å². The molecule has 0 atom stereocenters. The van der Waals surface area contributed by atoms with E-state index in [1.54, 1.807) is 48.9 Å². The van der Waals surface area contributed by atoms with E-state index in [-0.39, 0.29) is 11.4 Å². The number of nitriles is 1. The standard InChI is InChI=1S/C17H10ClN3O/c18-13-3-4-14-15(10-21-16(14)7-13)17(22)12(8-19)6-11-2-1-5-20-9-11/h1-7,9-10,21H/b12-6-. The maximum Gasteiger partial charge on any atom is 0.205 e. The van der Waals surface area contributed by atoms with Crippen LogP contribution in [0.2, 0.25) is 5.02 Å². The summed E-state index contributed by atoms with van der Waals surface area (Å²) in [4.78, 5) is 19.5. The molecule has 2 aromatic heterocycles. The summed E-state index contributed by atoms with van der Waals surface area (Å²) in [5.41, 5.74) is 1.97. The lowest BCUT2D eigenvalue weighted by Gasteiger charge is -1.99. The average Bonchev–Trinajstić information content (AvgIpc) is 2.95. The van der Waals surface area contributed by atoms with E-state index in [0.29, 0.717) is 16.1 Å². The van der Waals surface area contributed by atoms with Crippen LogP contribution in [0.4, 0.5) is 0 Å². The van der Waals surface area contributed by atoms with Gasteiger partial charge in [-0.25, -0.2) is 0 Å². The van der Waals surface area contributed by atoms with E-state index in [2.05, 4.69) is 9.97 Å². The van der Waals surface area contributed by atoms with Crippen molar-refractivity contribution in [2.75, 3.05) is 0 Å². The Kier molecular flexibility index (Phi) is 3.73. The fraction of sp³-hybridized carbons (Fsp3) is 0. The van der Waals surface area contributed by atoms with Gasteiger partial charge in [0.25, 0.3) is 0 Å². The Morgan fingerprint density at radius 3 is 2.95 bits per heavy atom. The summed E-state index contributed by atoms with van der Waals surface area (Å²) >= 11 is 5.93. The summed E-state index contributed by atoms with van der Waals surface area (Å²) < 4.78 is 0. The van der Waals surface area contributed by atoms with Crippen LogP contribution in [0.3, 0.4) is 0 Å². The van der Waals surface area contributed by atoms with E-state index in [4.69, 9.17) is 11.6 Å². The van der Waals surface area contributed by atoms with E-state index < -0.39 is 0 Å². The van der Waals surface area contributed by atoms with Crippen LogP contribution in [-0.4, -0.2) is 15.8 Å². The summed E-state index contributed by atoms with van der Waals surface area (Å²) in [6.45, 7) is 0. The average molecular weight is 308 g/mol. The fourth-order valence-corrected chi connectivity index (χ4v) is 2.38. The molecule has 0 aliphatic heterocycles. The molecule has 0 bridgehead atoms. The Hall–Kier alpha value is -2.90. The predicted octanol–water partition coefficient (Wildman–Crippen LogP) is 4.01. The number of benzene rings is 1. The summed E-state index contributed by atoms with van der Waals surface area (Å²) in [6, 6.07) is 10.7. The minimum absolute atomic E-state index is 0.0591. The number of halogens is 1. The second kappa shape index (κ2) is 5.84. The fourth-order valence-electron chi connectivity index (χ4n) is 2.21. The van der Waals surface area contributed by atoms with Crippen molar-refractivity contribution < 1.29 is 4.79 Å². The van der Waals surface area contributed by atoms with Gasteiger partial charge in [0.15, 0.2) is 0 Å². The first-order valence-corrected chi connectivity index (χ1v) is 6.90. The monoisotopic (exact) mass is 307 g/mol. The molecule has 3 rings (SSSR count). The number of aromatic amines is 1. The molecule has 0 spiro atoms. The first kappa shape index (κ1) is 14.1. The Morgan fingerprint density at radius 2 is 2.23 bits per heavy atom. The van der Waals surface area contributed by atoms with Crippen LogP contribution >= 0.6 is 11.6 Å². The summed E-state index contributed by atoms with van der Waals surface area (Å²) in [6.07, 6.45) is 6.36. The Labute approximate surface area is 131 Å². The van der Waals surface area contributed by atoms with Crippen molar-refractivity contribution in [2.45, 2.75) is 0 Å².